The highest BCUT2D eigenvalue weighted by Crippen LogP contribution is 2.04. The second kappa shape index (κ2) is 6.39. The zero-order valence-electron chi connectivity index (χ0n) is 10.7. The number of carboxylic acid groups (broad SMARTS) is 1. The van der Waals surface area contributed by atoms with Gasteiger partial charge in [-0.05, 0) is 12.3 Å². The van der Waals surface area contributed by atoms with E-state index < -0.39 is 12.0 Å². The molecule has 1 heterocycles. The highest BCUT2D eigenvalue weighted by atomic mass is 16.4. The lowest BCUT2D eigenvalue weighted by atomic mass is 10.0. The molecular weight excluding hydrogens is 218 g/mol. The van der Waals surface area contributed by atoms with Gasteiger partial charge in [-0.15, -0.1) is 0 Å². The topological polar surface area (TPSA) is 67.2 Å². The molecule has 2 N–H and O–H groups in total. The molecule has 0 amide bonds. The Labute approximate surface area is 102 Å². The average molecular weight is 239 g/mol. The third kappa shape index (κ3) is 4.19. The summed E-state index contributed by atoms with van der Waals surface area (Å²) >= 11 is 0. The van der Waals surface area contributed by atoms with Gasteiger partial charge in [-0.3, -0.25) is 14.8 Å². The number of aromatic nitrogens is 2. The molecular formula is C12H21N3O2. The Kier molecular flexibility index (Phi) is 5.15. The van der Waals surface area contributed by atoms with Crippen molar-refractivity contribution < 1.29 is 9.90 Å². The van der Waals surface area contributed by atoms with E-state index in [1.165, 1.54) is 0 Å². The van der Waals surface area contributed by atoms with Crippen LogP contribution >= 0.6 is 0 Å². The maximum atomic E-state index is 11.0. The summed E-state index contributed by atoms with van der Waals surface area (Å²) in [6.45, 7) is 7.32. The third-order valence-electron chi connectivity index (χ3n) is 2.60. The minimum absolute atomic E-state index is 0.0678. The molecule has 0 radical (unpaired) electrons. The molecule has 1 unspecified atom stereocenters. The normalized spacial score (nSPS) is 12.9. The quantitative estimate of drug-likeness (QED) is 0.756. The van der Waals surface area contributed by atoms with Gasteiger partial charge in [-0.1, -0.05) is 20.8 Å². The first-order valence-electron chi connectivity index (χ1n) is 6.02. The van der Waals surface area contributed by atoms with Crippen LogP contribution in [0, 0.1) is 5.92 Å². The number of hydrogen-bond acceptors (Lipinski definition) is 3. The fourth-order valence-electron chi connectivity index (χ4n) is 1.69. The highest BCUT2D eigenvalue weighted by Gasteiger charge is 2.20. The summed E-state index contributed by atoms with van der Waals surface area (Å²) in [5, 5.41) is 16.3. The molecule has 17 heavy (non-hydrogen) atoms. The van der Waals surface area contributed by atoms with Crippen LogP contribution in [0.25, 0.3) is 0 Å². The molecule has 0 fully saturated rings. The van der Waals surface area contributed by atoms with Crippen LogP contribution in [0.3, 0.4) is 0 Å². The minimum Gasteiger partial charge on any atom is -0.480 e. The summed E-state index contributed by atoms with van der Waals surface area (Å²) in [5.41, 5.74) is 1.02. The van der Waals surface area contributed by atoms with Crippen LogP contribution in [-0.2, 0) is 17.9 Å². The molecule has 0 aliphatic carbocycles. The number of rotatable bonds is 7. The van der Waals surface area contributed by atoms with E-state index in [4.69, 9.17) is 5.11 Å². The number of carbonyl (C=O) groups is 1. The van der Waals surface area contributed by atoms with E-state index in [0.29, 0.717) is 6.54 Å². The number of hydrogen-bond donors (Lipinski definition) is 2. The van der Waals surface area contributed by atoms with E-state index in [1.807, 2.05) is 24.7 Å². The first-order valence-corrected chi connectivity index (χ1v) is 6.02. The number of nitrogens with one attached hydrogen (secondary N) is 1. The molecule has 0 aromatic carbocycles. The van der Waals surface area contributed by atoms with Crippen molar-refractivity contribution in [3.63, 3.8) is 0 Å². The summed E-state index contributed by atoms with van der Waals surface area (Å²) in [6.07, 6.45) is 4.77. The van der Waals surface area contributed by atoms with Crippen molar-refractivity contribution >= 4 is 5.97 Å². The van der Waals surface area contributed by atoms with Crippen LogP contribution in [0.5, 0.6) is 0 Å². The lowest BCUT2D eigenvalue weighted by molar-refractivity contribution is -0.140. The van der Waals surface area contributed by atoms with Gasteiger partial charge in [0, 0.05) is 24.8 Å². The zero-order valence-corrected chi connectivity index (χ0v) is 10.7. The van der Waals surface area contributed by atoms with Crippen LogP contribution in [0.4, 0.5) is 0 Å². The summed E-state index contributed by atoms with van der Waals surface area (Å²) in [7, 11) is 0. The van der Waals surface area contributed by atoms with Gasteiger partial charge in [-0.2, -0.15) is 5.10 Å². The first kappa shape index (κ1) is 13.7. The van der Waals surface area contributed by atoms with Crippen molar-refractivity contribution in [2.45, 2.75) is 46.3 Å². The fraction of sp³-hybridized carbons (Fsp3) is 0.667. The van der Waals surface area contributed by atoms with Crippen molar-refractivity contribution in [1.29, 1.82) is 0 Å². The highest BCUT2D eigenvalue weighted by molar-refractivity contribution is 5.73. The van der Waals surface area contributed by atoms with Crippen LogP contribution in [0.1, 0.15) is 32.8 Å². The maximum Gasteiger partial charge on any atom is 0.320 e. The van der Waals surface area contributed by atoms with Gasteiger partial charge in [0.1, 0.15) is 6.04 Å². The van der Waals surface area contributed by atoms with Crippen molar-refractivity contribution in [3.05, 3.63) is 18.0 Å². The zero-order chi connectivity index (χ0) is 12.8. The molecule has 1 aromatic heterocycles. The number of carboxylic acids is 1. The van der Waals surface area contributed by atoms with Gasteiger partial charge < -0.3 is 5.11 Å². The molecule has 1 rings (SSSR count). The Hall–Kier alpha value is -1.36. The molecule has 0 spiro atoms. The van der Waals surface area contributed by atoms with E-state index in [2.05, 4.69) is 17.3 Å². The monoisotopic (exact) mass is 239 g/mol. The summed E-state index contributed by atoms with van der Waals surface area (Å²) in [5.74, 6) is -0.737. The number of aliphatic carboxylic acids is 1. The van der Waals surface area contributed by atoms with Gasteiger partial charge in [0.25, 0.3) is 0 Å². The SMILES string of the molecule is CCCn1cc(CNC(C(=O)O)C(C)C)cn1. The van der Waals surface area contributed by atoms with Crippen molar-refractivity contribution in [2.75, 3.05) is 0 Å². The van der Waals surface area contributed by atoms with E-state index in [0.717, 1.165) is 18.5 Å². The molecule has 0 aliphatic heterocycles. The van der Waals surface area contributed by atoms with Gasteiger partial charge in [0.2, 0.25) is 0 Å². The Bertz CT molecular complexity index is 360. The van der Waals surface area contributed by atoms with Crippen LogP contribution in [-0.4, -0.2) is 26.9 Å². The molecule has 1 atom stereocenters. The van der Waals surface area contributed by atoms with Crippen molar-refractivity contribution in [1.82, 2.24) is 15.1 Å². The lowest BCUT2D eigenvalue weighted by Gasteiger charge is -2.17. The average Bonchev–Trinajstić information content (AvgIpc) is 2.65. The smallest absolute Gasteiger partial charge is 0.320 e. The Morgan fingerprint density at radius 1 is 1.59 bits per heavy atom. The predicted octanol–water partition coefficient (Wildman–Crippen LogP) is 1.49. The predicted molar refractivity (Wildman–Crippen MR) is 65.6 cm³/mol. The van der Waals surface area contributed by atoms with Crippen molar-refractivity contribution in [2.24, 2.45) is 5.92 Å². The molecule has 0 saturated heterocycles. The summed E-state index contributed by atoms with van der Waals surface area (Å²) in [4.78, 5) is 11.0. The first-order chi connectivity index (χ1) is 8.04. The van der Waals surface area contributed by atoms with E-state index in [1.54, 1.807) is 6.20 Å². The van der Waals surface area contributed by atoms with Crippen LogP contribution in [0.15, 0.2) is 12.4 Å². The standard InChI is InChI=1S/C12H21N3O2/c1-4-5-15-8-10(7-14-15)6-13-11(9(2)3)12(16)17/h7-9,11,13H,4-6H2,1-3H3,(H,16,17). The molecule has 0 aliphatic rings. The van der Waals surface area contributed by atoms with Crippen molar-refractivity contribution in [3.8, 4) is 0 Å². The van der Waals surface area contributed by atoms with Crippen LogP contribution < -0.4 is 5.32 Å². The fourth-order valence-corrected chi connectivity index (χ4v) is 1.69. The van der Waals surface area contributed by atoms with E-state index in [-0.39, 0.29) is 5.92 Å². The second-order valence-corrected chi connectivity index (χ2v) is 4.55. The maximum absolute atomic E-state index is 11.0. The lowest BCUT2D eigenvalue weighted by Crippen LogP contribution is -2.40. The number of aryl methyl sites for hydroxylation is 1. The van der Waals surface area contributed by atoms with Gasteiger partial charge in [-0.25, -0.2) is 0 Å². The largest absolute Gasteiger partial charge is 0.480 e. The molecule has 5 nitrogen and oxygen atoms in total. The van der Waals surface area contributed by atoms with Crippen LogP contribution in [0.2, 0.25) is 0 Å². The summed E-state index contributed by atoms with van der Waals surface area (Å²) in [6, 6.07) is -0.510. The Morgan fingerprint density at radius 3 is 2.82 bits per heavy atom. The van der Waals surface area contributed by atoms with E-state index in [9.17, 15) is 4.79 Å². The van der Waals surface area contributed by atoms with Gasteiger partial charge in [0.15, 0.2) is 0 Å². The third-order valence-corrected chi connectivity index (χ3v) is 2.60. The van der Waals surface area contributed by atoms with Gasteiger partial charge in [0.05, 0.1) is 6.20 Å². The minimum atomic E-state index is -0.805. The van der Waals surface area contributed by atoms with Gasteiger partial charge >= 0.3 is 5.97 Å². The molecule has 1 aromatic rings. The Morgan fingerprint density at radius 2 is 2.29 bits per heavy atom. The second-order valence-electron chi connectivity index (χ2n) is 4.55. The molecule has 0 bridgehead atoms. The van der Waals surface area contributed by atoms with E-state index >= 15 is 0 Å². The molecule has 0 saturated carbocycles. The molecule has 5 heteroatoms. The molecule has 96 valence electrons. The Balaban J connectivity index is 2.50. The summed E-state index contributed by atoms with van der Waals surface area (Å²) < 4.78 is 1.88. The number of nitrogens with zero attached hydrogens (tertiary/aromatic N) is 2.